The number of thiophene rings is 1. The van der Waals surface area contributed by atoms with Gasteiger partial charge < -0.3 is 9.26 Å². The minimum Gasteiger partial charge on any atom is -0.490 e. The molecule has 0 fully saturated rings. The molecule has 0 unspecified atom stereocenters. The number of halogens is 1. The van der Waals surface area contributed by atoms with Crippen LogP contribution in [-0.2, 0) is 5.75 Å². The van der Waals surface area contributed by atoms with Gasteiger partial charge in [0.05, 0.1) is 17.2 Å². The van der Waals surface area contributed by atoms with Crippen molar-refractivity contribution in [3.8, 4) is 16.5 Å². The Morgan fingerprint density at radius 1 is 1.23 bits per heavy atom. The van der Waals surface area contributed by atoms with Gasteiger partial charge in [-0.2, -0.15) is 4.98 Å². The van der Waals surface area contributed by atoms with E-state index in [1.807, 2.05) is 17.5 Å². The van der Waals surface area contributed by atoms with Crippen molar-refractivity contribution in [2.45, 2.75) is 5.75 Å². The van der Waals surface area contributed by atoms with E-state index in [4.69, 9.17) is 9.26 Å². The smallest absolute Gasteiger partial charge is 0.236 e. The van der Waals surface area contributed by atoms with Crippen LogP contribution in [0.3, 0.4) is 0 Å². The van der Waals surface area contributed by atoms with E-state index in [0.717, 1.165) is 4.88 Å². The Hall–Kier alpha value is -1.86. The van der Waals surface area contributed by atoms with Crippen molar-refractivity contribution in [2.75, 3.05) is 12.4 Å². The van der Waals surface area contributed by atoms with Gasteiger partial charge in [0.2, 0.25) is 11.7 Å². The molecular weight excluding hydrogens is 323 g/mol. The lowest BCUT2D eigenvalue weighted by molar-refractivity contribution is 0.324. The first-order valence-electron chi connectivity index (χ1n) is 6.64. The normalized spacial score (nSPS) is 10.8. The highest BCUT2D eigenvalue weighted by Gasteiger charge is 2.09. The van der Waals surface area contributed by atoms with Crippen LogP contribution in [0.15, 0.2) is 46.3 Å². The molecule has 0 aliphatic rings. The fourth-order valence-corrected chi connectivity index (χ4v) is 3.04. The average Bonchev–Trinajstić information content (AvgIpc) is 3.19. The summed E-state index contributed by atoms with van der Waals surface area (Å²) in [6.45, 7) is 0.428. The molecule has 22 heavy (non-hydrogen) atoms. The third-order valence-corrected chi connectivity index (χ3v) is 4.53. The second kappa shape index (κ2) is 7.42. The molecule has 0 amide bonds. The topological polar surface area (TPSA) is 48.2 Å². The molecular formula is C15H13FN2O2S2. The summed E-state index contributed by atoms with van der Waals surface area (Å²) in [5.74, 6) is 2.46. The average molecular weight is 336 g/mol. The highest BCUT2D eigenvalue weighted by molar-refractivity contribution is 7.98. The van der Waals surface area contributed by atoms with E-state index in [0.29, 0.717) is 29.8 Å². The highest BCUT2D eigenvalue weighted by atomic mass is 32.2. The lowest BCUT2D eigenvalue weighted by Gasteiger charge is -2.05. The predicted octanol–water partition coefficient (Wildman–Crippen LogP) is 4.25. The van der Waals surface area contributed by atoms with Crippen LogP contribution in [0, 0.1) is 5.82 Å². The van der Waals surface area contributed by atoms with Gasteiger partial charge in [-0.3, -0.25) is 0 Å². The molecule has 3 rings (SSSR count). The Bertz CT molecular complexity index is 716. The highest BCUT2D eigenvalue weighted by Crippen LogP contribution is 2.22. The molecule has 7 heteroatoms. The van der Waals surface area contributed by atoms with Gasteiger partial charge in [-0.15, -0.1) is 23.1 Å². The summed E-state index contributed by atoms with van der Waals surface area (Å²) in [6.07, 6.45) is 0. The van der Waals surface area contributed by atoms with Crippen molar-refractivity contribution in [1.82, 2.24) is 10.1 Å². The maximum atomic E-state index is 13.3. The van der Waals surface area contributed by atoms with Gasteiger partial charge in [0, 0.05) is 5.75 Å². The zero-order valence-corrected chi connectivity index (χ0v) is 13.2. The summed E-state index contributed by atoms with van der Waals surface area (Å²) in [5, 5.41) is 5.92. The third kappa shape index (κ3) is 3.86. The first-order valence-corrected chi connectivity index (χ1v) is 8.68. The fourth-order valence-electron chi connectivity index (χ4n) is 1.75. The number of para-hydroxylation sites is 1. The van der Waals surface area contributed by atoms with E-state index in [-0.39, 0.29) is 11.6 Å². The quantitative estimate of drug-likeness (QED) is 0.604. The largest absolute Gasteiger partial charge is 0.490 e. The zero-order chi connectivity index (χ0) is 15.2. The Labute approximate surface area is 135 Å². The number of hydrogen-bond acceptors (Lipinski definition) is 6. The maximum absolute atomic E-state index is 13.3. The van der Waals surface area contributed by atoms with Gasteiger partial charge >= 0.3 is 0 Å². The second-order valence-electron chi connectivity index (χ2n) is 4.32. The molecule has 1 aromatic carbocycles. The molecule has 0 aliphatic carbocycles. The molecule has 0 saturated carbocycles. The fraction of sp³-hybridized carbons (Fsp3) is 0.200. The molecule has 0 bridgehead atoms. The Kier molecular flexibility index (Phi) is 5.07. The standard InChI is InChI=1S/C15H13FN2O2S2/c16-11-4-1-2-5-12(11)19-7-9-21-10-14-17-15(18-20-14)13-6-3-8-22-13/h1-6,8H,7,9-10H2. The summed E-state index contributed by atoms with van der Waals surface area (Å²) in [7, 11) is 0. The first-order chi connectivity index (χ1) is 10.8. The summed E-state index contributed by atoms with van der Waals surface area (Å²) < 4.78 is 23.9. The summed E-state index contributed by atoms with van der Waals surface area (Å²) in [4.78, 5) is 5.32. The molecule has 2 heterocycles. The predicted molar refractivity (Wildman–Crippen MR) is 85.7 cm³/mol. The van der Waals surface area contributed by atoms with Gasteiger partial charge in [-0.05, 0) is 23.6 Å². The molecule has 0 radical (unpaired) electrons. The molecule has 0 aliphatic heterocycles. The van der Waals surface area contributed by atoms with Gasteiger partial charge in [-0.25, -0.2) is 4.39 Å². The number of hydrogen-bond donors (Lipinski definition) is 0. The number of aromatic nitrogens is 2. The Morgan fingerprint density at radius 2 is 2.14 bits per heavy atom. The van der Waals surface area contributed by atoms with Crippen LogP contribution in [0.25, 0.3) is 10.7 Å². The monoisotopic (exact) mass is 336 g/mol. The van der Waals surface area contributed by atoms with Crippen LogP contribution in [0.4, 0.5) is 4.39 Å². The van der Waals surface area contributed by atoms with Crippen molar-refractivity contribution >= 4 is 23.1 Å². The molecule has 0 spiro atoms. The van der Waals surface area contributed by atoms with Crippen LogP contribution in [-0.4, -0.2) is 22.5 Å². The van der Waals surface area contributed by atoms with E-state index < -0.39 is 0 Å². The molecule has 3 aromatic rings. The lowest BCUT2D eigenvalue weighted by Crippen LogP contribution is -2.01. The molecule has 2 aromatic heterocycles. The van der Waals surface area contributed by atoms with E-state index in [2.05, 4.69) is 10.1 Å². The minimum absolute atomic E-state index is 0.279. The lowest BCUT2D eigenvalue weighted by atomic mass is 10.3. The SMILES string of the molecule is Fc1ccccc1OCCSCc1nc(-c2cccs2)no1. The number of nitrogens with zero attached hydrogens (tertiary/aromatic N) is 2. The molecule has 0 saturated heterocycles. The third-order valence-electron chi connectivity index (χ3n) is 2.76. The van der Waals surface area contributed by atoms with Crippen LogP contribution < -0.4 is 4.74 Å². The molecule has 0 N–H and O–H groups in total. The van der Waals surface area contributed by atoms with Gasteiger partial charge in [0.25, 0.3) is 0 Å². The zero-order valence-electron chi connectivity index (χ0n) is 11.6. The van der Waals surface area contributed by atoms with E-state index >= 15 is 0 Å². The summed E-state index contributed by atoms with van der Waals surface area (Å²) >= 11 is 3.17. The van der Waals surface area contributed by atoms with Crippen LogP contribution in [0.1, 0.15) is 5.89 Å². The molecule has 114 valence electrons. The number of benzene rings is 1. The maximum Gasteiger partial charge on any atom is 0.236 e. The number of rotatable bonds is 7. The second-order valence-corrected chi connectivity index (χ2v) is 6.37. The van der Waals surface area contributed by atoms with E-state index in [1.54, 1.807) is 41.3 Å². The van der Waals surface area contributed by atoms with E-state index in [9.17, 15) is 4.39 Å². The number of thioether (sulfide) groups is 1. The van der Waals surface area contributed by atoms with Crippen LogP contribution in [0.5, 0.6) is 5.75 Å². The van der Waals surface area contributed by atoms with Crippen molar-refractivity contribution < 1.29 is 13.7 Å². The Balaban J connectivity index is 1.41. The first kappa shape index (κ1) is 15.1. The van der Waals surface area contributed by atoms with Crippen LogP contribution in [0.2, 0.25) is 0 Å². The van der Waals surface area contributed by atoms with E-state index in [1.165, 1.54) is 6.07 Å². The summed E-state index contributed by atoms with van der Waals surface area (Å²) in [6, 6.07) is 10.3. The van der Waals surface area contributed by atoms with Crippen LogP contribution >= 0.6 is 23.1 Å². The van der Waals surface area contributed by atoms with Gasteiger partial charge in [0.15, 0.2) is 11.6 Å². The minimum atomic E-state index is -0.343. The molecule has 0 atom stereocenters. The van der Waals surface area contributed by atoms with Crippen molar-refractivity contribution in [1.29, 1.82) is 0 Å². The Morgan fingerprint density at radius 3 is 2.95 bits per heavy atom. The molecule has 4 nitrogen and oxygen atoms in total. The van der Waals surface area contributed by atoms with Crippen molar-refractivity contribution in [3.05, 3.63) is 53.5 Å². The summed E-state index contributed by atoms with van der Waals surface area (Å²) in [5.41, 5.74) is 0. The number of ether oxygens (including phenoxy) is 1. The van der Waals surface area contributed by atoms with Gasteiger partial charge in [-0.1, -0.05) is 23.4 Å². The van der Waals surface area contributed by atoms with Crippen molar-refractivity contribution in [3.63, 3.8) is 0 Å². The van der Waals surface area contributed by atoms with Gasteiger partial charge in [0.1, 0.15) is 0 Å². The van der Waals surface area contributed by atoms with Crippen molar-refractivity contribution in [2.24, 2.45) is 0 Å².